The number of rotatable bonds is 4. The van der Waals surface area contributed by atoms with Gasteiger partial charge in [0, 0.05) is 18.3 Å². The topological polar surface area (TPSA) is 45.1 Å². The van der Waals surface area contributed by atoms with Crippen molar-refractivity contribution < 1.29 is 5.11 Å². The van der Waals surface area contributed by atoms with E-state index in [-0.39, 0.29) is 0 Å². The molecule has 0 spiro atoms. The van der Waals surface area contributed by atoms with Crippen molar-refractivity contribution in [3.05, 3.63) is 23.5 Å². The van der Waals surface area contributed by atoms with Crippen LogP contribution in [0.4, 0.5) is 0 Å². The van der Waals surface area contributed by atoms with Crippen molar-refractivity contribution in [1.82, 2.24) is 10.3 Å². The second-order valence-electron chi connectivity index (χ2n) is 5.84. The molecule has 0 bridgehead atoms. The molecule has 2 N–H and O–H groups in total. The maximum Gasteiger partial charge on any atom is 0.138 e. The highest BCUT2D eigenvalue weighted by atomic mass is 16.3. The normalized spacial score (nSPS) is 19.1. The van der Waals surface area contributed by atoms with Crippen molar-refractivity contribution in [1.29, 1.82) is 0 Å². The second kappa shape index (κ2) is 6.90. The molecule has 1 aromatic heterocycles. The van der Waals surface area contributed by atoms with E-state index in [9.17, 15) is 5.11 Å². The van der Waals surface area contributed by atoms with Crippen molar-refractivity contribution >= 4 is 0 Å². The van der Waals surface area contributed by atoms with E-state index in [1.165, 1.54) is 38.5 Å². The Balaban J connectivity index is 1.88. The van der Waals surface area contributed by atoms with Crippen molar-refractivity contribution in [3.8, 4) is 5.75 Å². The van der Waals surface area contributed by atoms with Crippen molar-refractivity contribution in [2.24, 2.45) is 5.92 Å². The monoisotopic (exact) mass is 262 g/mol. The summed E-state index contributed by atoms with van der Waals surface area (Å²) < 4.78 is 0. The summed E-state index contributed by atoms with van der Waals surface area (Å²) in [6, 6.07) is 4.07. The van der Waals surface area contributed by atoms with Gasteiger partial charge in [-0.2, -0.15) is 0 Å². The van der Waals surface area contributed by atoms with Crippen LogP contribution in [0, 0.1) is 12.8 Å². The summed E-state index contributed by atoms with van der Waals surface area (Å²) in [7, 11) is 0. The number of aryl methyl sites for hydroxylation is 1. The van der Waals surface area contributed by atoms with Gasteiger partial charge in [0.05, 0.1) is 5.69 Å². The largest absolute Gasteiger partial charge is 0.506 e. The van der Waals surface area contributed by atoms with Crippen LogP contribution in [0.3, 0.4) is 0 Å². The van der Waals surface area contributed by atoms with Gasteiger partial charge in [-0.3, -0.25) is 4.98 Å². The van der Waals surface area contributed by atoms with E-state index in [1.807, 2.05) is 13.0 Å². The predicted octanol–water partition coefficient (Wildman–Crippen LogP) is 3.54. The molecule has 1 atom stereocenters. The zero-order valence-corrected chi connectivity index (χ0v) is 12.2. The molecule has 2 rings (SSSR count). The first-order chi connectivity index (χ1) is 9.16. The minimum atomic E-state index is 0.297. The van der Waals surface area contributed by atoms with Crippen LogP contribution in [0.15, 0.2) is 12.1 Å². The fourth-order valence-electron chi connectivity index (χ4n) is 2.97. The first-order valence-electron chi connectivity index (χ1n) is 7.55. The van der Waals surface area contributed by atoms with Crippen LogP contribution in [0.2, 0.25) is 0 Å². The fraction of sp³-hybridized carbons (Fsp3) is 0.688. The maximum absolute atomic E-state index is 9.80. The van der Waals surface area contributed by atoms with Crippen LogP contribution in [-0.4, -0.2) is 16.1 Å². The Hall–Kier alpha value is -1.09. The quantitative estimate of drug-likeness (QED) is 0.816. The fourth-order valence-corrected chi connectivity index (χ4v) is 2.97. The summed E-state index contributed by atoms with van der Waals surface area (Å²) in [4.78, 5) is 4.40. The highest BCUT2D eigenvalue weighted by Gasteiger charge is 2.19. The van der Waals surface area contributed by atoms with Gasteiger partial charge in [-0.15, -0.1) is 0 Å². The van der Waals surface area contributed by atoms with Gasteiger partial charge in [0.15, 0.2) is 0 Å². The van der Waals surface area contributed by atoms with Gasteiger partial charge < -0.3 is 10.4 Å². The molecule has 1 aromatic rings. The number of hydrogen-bond donors (Lipinski definition) is 2. The van der Waals surface area contributed by atoms with E-state index in [2.05, 4.69) is 17.2 Å². The molecule has 106 valence electrons. The van der Waals surface area contributed by atoms with Gasteiger partial charge in [-0.25, -0.2) is 0 Å². The van der Waals surface area contributed by atoms with Crippen LogP contribution in [0.1, 0.15) is 56.8 Å². The minimum absolute atomic E-state index is 0.297. The Morgan fingerprint density at radius 1 is 1.26 bits per heavy atom. The number of nitrogens with zero attached hydrogens (tertiary/aromatic N) is 1. The molecular weight excluding hydrogens is 236 g/mol. The first kappa shape index (κ1) is 14.3. The molecule has 1 aliphatic rings. The van der Waals surface area contributed by atoms with Crippen LogP contribution >= 0.6 is 0 Å². The van der Waals surface area contributed by atoms with E-state index < -0.39 is 0 Å². The molecule has 0 aliphatic heterocycles. The molecule has 3 nitrogen and oxygen atoms in total. The smallest absolute Gasteiger partial charge is 0.138 e. The molecular formula is C16H26N2O. The molecule has 3 heteroatoms. The Kier molecular flexibility index (Phi) is 5.20. The minimum Gasteiger partial charge on any atom is -0.506 e. The average molecular weight is 262 g/mol. The van der Waals surface area contributed by atoms with E-state index in [4.69, 9.17) is 0 Å². The van der Waals surface area contributed by atoms with E-state index in [1.54, 1.807) is 6.07 Å². The van der Waals surface area contributed by atoms with Crippen LogP contribution in [-0.2, 0) is 6.54 Å². The zero-order valence-electron chi connectivity index (χ0n) is 12.2. The number of aromatic hydroxyl groups is 1. The van der Waals surface area contributed by atoms with Crippen LogP contribution < -0.4 is 5.32 Å². The number of hydrogen-bond acceptors (Lipinski definition) is 3. The van der Waals surface area contributed by atoms with Crippen LogP contribution in [0.5, 0.6) is 5.75 Å². The molecule has 0 aromatic carbocycles. The summed E-state index contributed by atoms with van der Waals surface area (Å²) >= 11 is 0. The van der Waals surface area contributed by atoms with E-state index in [0.29, 0.717) is 18.3 Å². The highest BCUT2D eigenvalue weighted by Crippen LogP contribution is 2.25. The number of nitrogens with one attached hydrogen (secondary N) is 1. The molecule has 1 fully saturated rings. The van der Waals surface area contributed by atoms with Crippen molar-refractivity contribution in [2.45, 2.75) is 65.0 Å². The lowest BCUT2D eigenvalue weighted by Crippen LogP contribution is -2.33. The second-order valence-corrected chi connectivity index (χ2v) is 5.84. The van der Waals surface area contributed by atoms with Gasteiger partial charge in [0.2, 0.25) is 0 Å². The molecule has 0 radical (unpaired) electrons. The Labute approximate surface area is 116 Å². The van der Waals surface area contributed by atoms with Gasteiger partial charge in [-0.1, -0.05) is 25.7 Å². The predicted molar refractivity (Wildman–Crippen MR) is 78.1 cm³/mol. The lowest BCUT2D eigenvalue weighted by Gasteiger charge is -2.23. The van der Waals surface area contributed by atoms with Crippen molar-refractivity contribution in [3.63, 3.8) is 0 Å². The molecule has 1 saturated carbocycles. The molecule has 0 amide bonds. The average Bonchev–Trinajstić information content (AvgIpc) is 2.68. The van der Waals surface area contributed by atoms with Gasteiger partial charge >= 0.3 is 0 Å². The molecule has 0 unspecified atom stereocenters. The lowest BCUT2D eigenvalue weighted by atomic mass is 9.93. The SMILES string of the molecule is Cc1ccc(O)c(CN[C@H](C)C2CCCCCC2)n1. The Morgan fingerprint density at radius 3 is 2.63 bits per heavy atom. The number of aromatic nitrogens is 1. The maximum atomic E-state index is 9.80. The summed E-state index contributed by atoms with van der Waals surface area (Å²) in [5.74, 6) is 1.07. The van der Waals surface area contributed by atoms with E-state index in [0.717, 1.165) is 17.3 Å². The highest BCUT2D eigenvalue weighted by molar-refractivity contribution is 5.27. The van der Waals surface area contributed by atoms with Gasteiger partial charge in [-0.05, 0) is 44.7 Å². The summed E-state index contributed by atoms with van der Waals surface area (Å²) in [5.41, 5.74) is 1.72. The van der Waals surface area contributed by atoms with Crippen LogP contribution in [0.25, 0.3) is 0 Å². The van der Waals surface area contributed by atoms with Gasteiger partial charge in [0.25, 0.3) is 0 Å². The third-order valence-corrected chi connectivity index (χ3v) is 4.29. The molecule has 1 aliphatic carbocycles. The summed E-state index contributed by atoms with van der Waals surface area (Å²) in [6.45, 7) is 4.88. The zero-order chi connectivity index (χ0) is 13.7. The molecule has 19 heavy (non-hydrogen) atoms. The Bertz CT molecular complexity index is 398. The molecule has 0 saturated heterocycles. The van der Waals surface area contributed by atoms with E-state index >= 15 is 0 Å². The third-order valence-electron chi connectivity index (χ3n) is 4.29. The first-order valence-corrected chi connectivity index (χ1v) is 7.55. The molecule has 1 heterocycles. The summed E-state index contributed by atoms with van der Waals surface area (Å²) in [6.07, 6.45) is 8.19. The Morgan fingerprint density at radius 2 is 1.95 bits per heavy atom. The third kappa shape index (κ3) is 4.20. The number of pyridine rings is 1. The standard InChI is InChI=1S/C16H26N2O/c1-12-9-10-16(19)15(18-12)11-17-13(2)14-7-5-3-4-6-8-14/h9-10,13-14,17,19H,3-8,11H2,1-2H3/t13-/m1/s1. The van der Waals surface area contributed by atoms with Gasteiger partial charge in [0.1, 0.15) is 5.75 Å². The summed E-state index contributed by atoms with van der Waals surface area (Å²) in [5, 5.41) is 13.3. The van der Waals surface area contributed by atoms with Crippen molar-refractivity contribution in [2.75, 3.05) is 0 Å². The lowest BCUT2D eigenvalue weighted by molar-refractivity contribution is 0.333.